The Bertz CT molecular complexity index is 1550. The van der Waals surface area contributed by atoms with Gasteiger partial charge in [0.25, 0.3) is 5.91 Å². The number of nitrogens with zero attached hydrogens (tertiary/aromatic N) is 3. The fourth-order valence-corrected chi connectivity index (χ4v) is 4.52. The Morgan fingerprint density at radius 1 is 0.917 bits per heavy atom. The first kappa shape index (κ1) is 24.3. The molecule has 2 heterocycles. The van der Waals surface area contributed by atoms with Crippen molar-refractivity contribution in [3.8, 4) is 11.3 Å². The van der Waals surface area contributed by atoms with E-state index in [0.717, 1.165) is 32.7 Å². The maximum atomic E-state index is 12.4. The van der Waals surface area contributed by atoms with Gasteiger partial charge in [-0.2, -0.15) is 9.61 Å². The summed E-state index contributed by atoms with van der Waals surface area (Å²) in [7, 11) is 0. The van der Waals surface area contributed by atoms with Gasteiger partial charge in [0, 0.05) is 40.3 Å². The van der Waals surface area contributed by atoms with Crippen LogP contribution in [0, 0.1) is 0 Å². The maximum Gasteiger partial charge on any atom is 0.251 e. The number of rotatable bonds is 7. The van der Waals surface area contributed by atoms with Crippen molar-refractivity contribution in [2.45, 2.75) is 13.1 Å². The van der Waals surface area contributed by atoms with E-state index in [9.17, 15) is 4.79 Å². The van der Waals surface area contributed by atoms with Crippen LogP contribution in [-0.4, -0.2) is 20.5 Å². The third kappa shape index (κ3) is 5.38. The number of nitrogens with one attached hydrogen (secondary N) is 2. The fourth-order valence-electron chi connectivity index (χ4n) is 3.75. The summed E-state index contributed by atoms with van der Waals surface area (Å²) in [4.78, 5) is 17.1. The van der Waals surface area contributed by atoms with Gasteiger partial charge in [0.15, 0.2) is 5.65 Å². The molecule has 6 nitrogen and oxygen atoms in total. The number of benzene rings is 3. The van der Waals surface area contributed by atoms with Crippen molar-refractivity contribution >= 4 is 56.5 Å². The van der Waals surface area contributed by atoms with E-state index in [-0.39, 0.29) is 5.91 Å². The Kier molecular flexibility index (Phi) is 7.23. The molecule has 0 fully saturated rings. The zero-order chi connectivity index (χ0) is 25.1. The molecule has 0 atom stereocenters. The predicted octanol–water partition coefficient (Wildman–Crippen LogP) is 7.01. The lowest BCUT2D eigenvalue weighted by Gasteiger charge is -2.12. The highest BCUT2D eigenvalue weighted by Gasteiger charge is 2.13. The van der Waals surface area contributed by atoms with Crippen LogP contribution in [0.15, 0.2) is 89.5 Å². The van der Waals surface area contributed by atoms with Gasteiger partial charge in [-0.05, 0) is 51.3 Å². The van der Waals surface area contributed by atoms with Crippen molar-refractivity contribution < 1.29 is 4.79 Å². The van der Waals surface area contributed by atoms with E-state index in [0.29, 0.717) is 34.3 Å². The van der Waals surface area contributed by atoms with Crippen LogP contribution < -0.4 is 10.6 Å². The van der Waals surface area contributed by atoms with Crippen LogP contribution in [0.1, 0.15) is 21.5 Å². The zero-order valence-corrected chi connectivity index (χ0v) is 22.0. The largest absolute Gasteiger partial charge is 0.366 e. The van der Waals surface area contributed by atoms with Crippen LogP contribution in [0.2, 0.25) is 10.0 Å². The summed E-state index contributed by atoms with van der Waals surface area (Å²) in [6.45, 7) is 1.00. The Morgan fingerprint density at radius 2 is 1.67 bits per heavy atom. The number of hydrogen-bond acceptors (Lipinski definition) is 4. The molecule has 0 aliphatic rings. The molecule has 9 heteroatoms. The third-order valence-electron chi connectivity index (χ3n) is 5.62. The minimum Gasteiger partial charge on any atom is -0.366 e. The van der Waals surface area contributed by atoms with E-state index in [4.69, 9.17) is 28.2 Å². The van der Waals surface area contributed by atoms with Gasteiger partial charge in [-0.15, -0.1) is 0 Å². The normalized spacial score (nSPS) is 11.0. The molecule has 5 rings (SSSR count). The summed E-state index contributed by atoms with van der Waals surface area (Å²) in [6.07, 6.45) is 1.72. The molecule has 0 saturated carbocycles. The number of hydrogen-bond donors (Lipinski definition) is 2. The number of amides is 1. The number of anilines is 1. The van der Waals surface area contributed by atoms with E-state index < -0.39 is 0 Å². The topological polar surface area (TPSA) is 71.3 Å². The summed E-state index contributed by atoms with van der Waals surface area (Å²) >= 11 is 15.9. The number of fused-ring (bicyclic) bond motifs is 1. The van der Waals surface area contributed by atoms with Gasteiger partial charge in [0.1, 0.15) is 5.82 Å². The SMILES string of the molecule is O=C(NCc1ccc(CNc2cc(-c3ccccc3Cl)nc3c(Br)cnn23)cc1)c1cccc(Cl)c1. The van der Waals surface area contributed by atoms with Crippen molar-refractivity contribution in [1.82, 2.24) is 19.9 Å². The van der Waals surface area contributed by atoms with Crippen LogP contribution >= 0.6 is 39.1 Å². The summed E-state index contributed by atoms with van der Waals surface area (Å²) in [5.74, 6) is 0.628. The molecular weight excluding hydrogens is 561 g/mol. The predicted molar refractivity (Wildman–Crippen MR) is 148 cm³/mol. The summed E-state index contributed by atoms with van der Waals surface area (Å²) in [5, 5.41) is 12.0. The first-order valence-corrected chi connectivity index (χ1v) is 12.7. The van der Waals surface area contributed by atoms with Crippen LogP contribution in [0.25, 0.3) is 16.9 Å². The number of carbonyl (C=O) groups is 1. The van der Waals surface area contributed by atoms with Gasteiger partial charge in [-0.1, -0.05) is 71.7 Å². The maximum absolute atomic E-state index is 12.4. The molecule has 0 aliphatic carbocycles. The number of halogens is 3. The first-order chi connectivity index (χ1) is 17.5. The Hall–Kier alpha value is -3.39. The Balaban J connectivity index is 1.28. The van der Waals surface area contributed by atoms with Gasteiger partial charge in [0.05, 0.1) is 16.4 Å². The van der Waals surface area contributed by atoms with Gasteiger partial charge in [-0.25, -0.2) is 4.98 Å². The minimum absolute atomic E-state index is 0.162. The Morgan fingerprint density at radius 3 is 2.42 bits per heavy atom. The Labute approximate surface area is 226 Å². The molecule has 180 valence electrons. The van der Waals surface area contributed by atoms with Crippen molar-refractivity contribution in [3.05, 3.63) is 116 Å². The van der Waals surface area contributed by atoms with Crippen LogP contribution in [0.4, 0.5) is 5.82 Å². The van der Waals surface area contributed by atoms with Crippen LogP contribution in [0.3, 0.4) is 0 Å². The minimum atomic E-state index is -0.162. The molecule has 2 aromatic heterocycles. The van der Waals surface area contributed by atoms with Crippen molar-refractivity contribution in [3.63, 3.8) is 0 Å². The van der Waals surface area contributed by atoms with E-state index in [1.807, 2.05) is 54.6 Å². The molecule has 2 N–H and O–H groups in total. The van der Waals surface area contributed by atoms with Crippen LogP contribution in [0.5, 0.6) is 0 Å². The standard InChI is InChI=1S/C27H20BrCl2N5O/c28-22-16-33-35-25(13-24(34-26(22)35)21-6-1-2-7-23(21)30)31-14-17-8-10-18(11-9-17)15-32-27(36)19-4-3-5-20(29)12-19/h1-13,16,31H,14-15H2,(H,32,36). The third-order valence-corrected chi connectivity index (χ3v) is 6.74. The van der Waals surface area contributed by atoms with E-state index in [2.05, 4.69) is 31.7 Å². The summed E-state index contributed by atoms with van der Waals surface area (Å²) in [5.41, 5.74) is 4.91. The smallest absolute Gasteiger partial charge is 0.251 e. The fraction of sp³-hybridized carbons (Fsp3) is 0.0741. The second-order valence-electron chi connectivity index (χ2n) is 8.10. The molecule has 36 heavy (non-hydrogen) atoms. The van der Waals surface area contributed by atoms with Gasteiger partial charge >= 0.3 is 0 Å². The first-order valence-electron chi connectivity index (χ1n) is 11.1. The molecule has 0 aliphatic heterocycles. The lowest BCUT2D eigenvalue weighted by molar-refractivity contribution is 0.0951. The lowest BCUT2D eigenvalue weighted by atomic mass is 10.1. The van der Waals surface area contributed by atoms with Crippen molar-refractivity contribution in [1.29, 1.82) is 0 Å². The van der Waals surface area contributed by atoms with E-state index >= 15 is 0 Å². The summed E-state index contributed by atoms with van der Waals surface area (Å²) in [6, 6.07) is 24.5. The van der Waals surface area contributed by atoms with Gasteiger partial charge in [-0.3, -0.25) is 4.79 Å². The average molecular weight is 581 g/mol. The van der Waals surface area contributed by atoms with Crippen molar-refractivity contribution in [2.24, 2.45) is 0 Å². The summed E-state index contributed by atoms with van der Waals surface area (Å²) < 4.78 is 2.55. The monoisotopic (exact) mass is 579 g/mol. The molecule has 0 radical (unpaired) electrons. The molecule has 0 saturated heterocycles. The molecule has 1 amide bonds. The van der Waals surface area contributed by atoms with Gasteiger partial charge < -0.3 is 10.6 Å². The lowest BCUT2D eigenvalue weighted by Crippen LogP contribution is -2.22. The molecule has 0 unspecified atom stereocenters. The van der Waals surface area contributed by atoms with Crippen LogP contribution in [-0.2, 0) is 13.1 Å². The molecular formula is C27H20BrCl2N5O. The van der Waals surface area contributed by atoms with E-state index in [1.54, 1.807) is 35.0 Å². The molecule has 0 spiro atoms. The highest BCUT2D eigenvalue weighted by atomic mass is 79.9. The highest BCUT2D eigenvalue weighted by Crippen LogP contribution is 2.30. The van der Waals surface area contributed by atoms with Crippen molar-refractivity contribution in [2.75, 3.05) is 5.32 Å². The van der Waals surface area contributed by atoms with Gasteiger partial charge in [0.2, 0.25) is 0 Å². The number of carbonyl (C=O) groups excluding carboxylic acids is 1. The highest BCUT2D eigenvalue weighted by molar-refractivity contribution is 9.10. The molecule has 0 bridgehead atoms. The van der Waals surface area contributed by atoms with E-state index in [1.165, 1.54) is 0 Å². The second kappa shape index (κ2) is 10.7. The molecule has 5 aromatic rings. The average Bonchev–Trinajstić information content (AvgIpc) is 3.27. The quantitative estimate of drug-likeness (QED) is 0.217. The molecule has 3 aromatic carbocycles. The second-order valence-corrected chi connectivity index (χ2v) is 9.80. The number of aromatic nitrogens is 3. The zero-order valence-electron chi connectivity index (χ0n) is 18.9.